The van der Waals surface area contributed by atoms with Crippen LogP contribution in [-0.2, 0) is 14.8 Å². The third-order valence-electron chi connectivity index (χ3n) is 1.94. The molecule has 0 aromatic heterocycles. The average molecular weight is 205 g/mol. The van der Waals surface area contributed by atoms with Crippen LogP contribution in [0.5, 0.6) is 0 Å². The third-order valence-corrected chi connectivity index (χ3v) is 3.77. The average Bonchev–Trinajstić information content (AvgIpc) is 1.96. The molecule has 5 heteroatoms. The first kappa shape index (κ1) is 10.5. The predicted molar refractivity (Wildman–Crippen MR) is 49.6 cm³/mol. The highest BCUT2D eigenvalue weighted by Crippen LogP contribution is 2.16. The fourth-order valence-electron chi connectivity index (χ4n) is 1.34. The van der Waals surface area contributed by atoms with Gasteiger partial charge in [-0.25, -0.2) is 12.7 Å². The summed E-state index contributed by atoms with van der Waals surface area (Å²) in [6.07, 6.45) is 0.835. The predicted octanol–water partition coefficient (Wildman–Crippen LogP) is 0.595. The molecule has 4 nitrogen and oxygen atoms in total. The topological polar surface area (TPSA) is 54.5 Å². The van der Waals surface area contributed by atoms with Crippen molar-refractivity contribution >= 4 is 15.9 Å². The lowest BCUT2D eigenvalue weighted by Crippen LogP contribution is -2.43. The highest BCUT2D eigenvalue weighted by atomic mass is 32.2. The first-order valence-corrected chi connectivity index (χ1v) is 6.07. The highest BCUT2D eigenvalue weighted by Gasteiger charge is 2.31. The van der Waals surface area contributed by atoms with E-state index in [-0.39, 0.29) is 17.6 Å². The first-order valence-electron chi connectivity index (χ1n) is 4.47. The van der Waals surface area contributed by atoms with Gasteiger partial charge in [0.15, 0.2) is 0 Å². The Morgan fingerprint density at radius 2 is 2.08 bits per heavy atom. The molecule has 0 unspecified atom stereocenters. The summed E-state index contributed by atoms with van der Waals surface area (Å²) in [5.41, 5.74) is 0. The Balaban J connectivity index is 2.81. The van der Waals surface area contributed by atoms with Gasteiger partial charge < -0.3 is 0 Å². The summed E-state index contributed by atoms with van der Waals surface area (Å²) in [7, 11) is -3.28. The van der Waals surface area contributed by atoms with E-state index in [4.69, 9.17) is 0 Å². The van der Waals surface area contributed by atoms with Gasteiger partial charge in [-0.2, -0.15) is 0 Å². The zero-order valence-electron chi connectivity index (χ0n) is 7.99. The van der Waals surface area contributed by atoms with Crippen LogP contribution in [0, 0.1) is 5.92 Å². The summed E-state index contributed by atoms with van der Waals surface area (Å²) < 4.78 is 23.9. The van der Waals surface area contributed by atoms with E-state index in [0.717, 1.165) is 4.31 Å². The van der Waals surface area contributed by atoms with E-state index in [2.05, 4.69) is 0 Å². The van der Waals surface area contributed by atoms with Crippen LogP contribution in [-0.4, -0.2) is 30.9 Å². The maximum absolute atomic E-state index is 11.4. The lowest BCUT2D eigenvalue weighted by atomic mass is 10.2. The molecule has 0 spiro atoms. The minimum atomic E-state index is -3.28. The number of nitrogens with zero attached hydrogens (tertiary/aromatic N) is 1. The van der Waals surface area contributed by atoms with Crippen molar-refractivity contribution < 1.29 is 13.2 Å². The number of sulfonamides is 1. The number of amides is 1. The molecule has 0 aromatic carbocycles. The molecular weight excluding hydrogens is 190 g/mol. The number of hydrogen-bond acceptors (Lipinski definition) is 3. The fourth-order valence-corrected chi connectivity index (χ4v) is 3.00. The van der Waals surface area contributed by atoms with E-state index in [0.29, 0.717) is 19.4 Å². The highest BCUT2D eigenvalue weighted by molar-refractivity contribution is 7.89. The minimum Gasteiger partial charge on any atom is -0.274 e. The SMILES string of the molecule is CC(C)CN1C(=O)CCCS1(=O)=O. The van der Waals surface area contributed by atoms with Gasteiger partial charge in [0, 0.05) is 13.0 Å². The smallest absolute Gasteiger partial charge is 0.237 e. The Morgan fingerprint density at radius 3 is 2.54 bits per heavy atom. The molecule has 1 fully saturated rings. The molecule has 0 saturated carbocycles. The minimum absolute atomic E-state index is 0.117. The Bertz CT molecular complexity index is 295. The quantitative estimate of drug-likeness (QED) is 0.663. The van der Waals surface area contributed by atoms with Crippen molar-refractivity contribution in [1.29, 1.82) is 0 Å². The molecule has 0 N–H and O–H groups in total. The van der Waals surface area contributed by atoms with Gasteiger partial charge in [-0.1, -0.05) is 13.8 Å². The van der Waals surface area contributed by atoms with Crippen LogP contribution in [0.25, 0.3) is 0 Å². The van der Waals surface area contributed by atoms with Gasteiger partial charge in [0.1, 0.15) is 0 Å². The lowest BCUT2D eigenvalue weighted by molar-refractivity contribution is -0.127. The van der Waals surface area contributed by atoms with Crippen molar-refractivity contribution in [2.45, 2.75) is 26.7 Å². The van der Waals surface area contributed by atoms with Gasteiger partial charge in [0.05, 0.1) is 5.75 Å². The van der Waals surface area contributed by atoms with Gasteiger partial charge in [0.2, 0.25) is 15.9 Å². The van der Waals surface area contributed by atoms with Gasteiger partial charge >= 0.3 is 0 Å². The normalized spacial score (nSPS) is 22.4. The van der Waals surface area contributed by atoms with Gasteiger partial charge in [-0.15, -0.1) is 0 Å². The van der Waals surface area contributed by atoms with Gasteiger partial charge in [-0.3, -0.25) is 4.79 Å². The van der Waals surface area contributed by atoms with Gasteiger partial charge in [-0.05, 0) is 12.3 Å². The second-order valence-electron chi connectivity index (χ2n) is 3.74. The largest absolute Gasteiger partial charge is 0.274 e. The van der Waals surface area contributed by atoms with Crippen LogP contribution in [0.15, 0.2) is 0 Å². The van der Waals surface area contributed by atoms with Crippen LogP contribution in [0.1, 0.15) is 26.7 Å². The van der Waals surface area contributed by atoms with Crippen molar-refractivity contribution in [3.63, 3.8) is 0 Å². The third kappa shape index (κ3) is 2.43. The summed E-state index contributed by atoms with van der Waals surface area (Å²) in [5.74, 6) is 0.0580. The summed E-state index contributed by atoms with van der Waals surface area (Å²) in [4.78, 5) is 11.3. The van der Waals surface area contributed by atoms with E-state index in [9.17, 15) is 13.2 Å². The molecule has 0 atom stereocenters. The molecule has 76 valence electrons. The molecule has 0 bridgehead atoms. The summed E-state index contributed by atoms with van der Waals surface area (Å²) >= 11 is 0. The van der Waals surface area contributed by atoms with Gasteiger partial charge in [0.25, 0.3) is 0 Å². The van der Waals surface area contributed by atoms with Crippen LogP contribution >= 0.6 is 0 Å². The van der Waals surface area contributed by atoms with Crippen LogP contribution < -0.4 is 0 Å². The molecule has 0 aliphatic carbocycles. The van der Waals surface area contributed by atoms with Crippen molar-refractivity contribution in [1.82, 2.24) is 4.31 Å². The molecule has 0 radical (unpaired) electrons. The number of rotatable bonds is 2. The van der Waals surface area contributed by atoms with Crippen molar-refractivity contribution in [3.05, 3.63) is 0 Å². The molecular formula is C8H15NO3S. The molecule has 1 amide bonds. The van der Waals surface area contributed by atoms with E-state index in [1.54, 1.807) is 0 Å². The standard InChI is InChI=1S/C8H15NO3S/c1-7(2)6-9-8(10)4-3-5-13(9,11)12/h7H,3-6H2,1-2H3. The zero-order valence-corrected chi connectivity index (χ0v) is 8.80. The monoisotopic (exact) mass is 205 g/mol. The summed E-state index contributed by atoms with van der Waals surface area (Å²) in [6.45, 7) is 4.12. The molecule has 0 aromatic rings. The Hall–Kier alpha value is -0.580. The second-order valence-corrected chi connectivity index (χ2v) is 5.75. The molecule has 1 saturated heterocycles. The van der Waals surface area contributed by atoms with Crippen LogP contribution in [0.4, 0.5) is 0 Å². The number of carbonyl (C=O) groups excluding carboxylic acids is 1. The molecule has 1 heterocycles. The molecule has 1 rings (SSSR count). The molecule has 13 heavy (non-hydrogen) atoms. The maximum atomic E-state index is 11.4. The number of carbonyl (C=O) groups is 1. The van der Waals surface area contributed by atoms with Crippen LogP contribution in [0.3, 0.4) is 0 Å². The zero-order chi connectivity index (χ0) is 10.1. The van der Waals surface area contributed by atoms with E-state index >= 15 is 0 Å². The maximum Gasteiger partial charge on any atom is 0.237 e. The lowest BCUT2D eigenvalue weighted by Gasteiger charge is -2.27. The fraction of sp³-hybridized carbons (Fsp3) is 0.875. The Morgan fingerprint density at radius 1 is 1.46 bits per heavy atom. The van der Waals surface area contributed by atoms with E-state index in [1.165, 1.54) is 0 Å². The van der Waals surface area contributed by atoms with Crippen molar-refractivity contribution in [3.8, 4) is 0 Å². The summed E-state index contributed by atoms with van der Waals surface area (Å²) in [6, 6.07) is 0. The first-order chi connectivity index (χ1) is 5.93. The molecule has 1 aliphatic heterocycles. The number of hydrogen-bond donors (Lipinski definition) is 0. The van der Waals surface area contributed by atoms with E-state index in [1.807, 2.05) is 13.8 Å². The summed E-state index contributed by atoms with van der Waals surface area (Å²) in [5, 5.41) is 0. The van der Waals surface area contributed by atoms with Crippen molar-refractivity contribution in [2.75, 3.05) is 12.3 Å². The Labute approximate surface area is 79.0 Å². The van der Waals surface area contributed by atoms with Crippen LogP contribution in [0.2, 0.25) is 0 Å². The van der Waals surface area contributed by atoms with Crippen molar-refractivity contribution in [2.24, 2.45) is 5.92 Å². The Kier molecular flexibility index (Phi) is 2.95. The van der Waals surface area contributed by atoms with E-state index < -0.39 is 10.0 Å². The molecule has 1 aliphatic rings. The second kappa shape index (κ2) is 3.65.